The highest BCUT2D eigenvalue weighted by Crippen LogP contribution is 2.36. The van der Waals surface area contributed by atoms with Crippen LogP contribution < -0.4 is 9.64 Å². The molecule has 3 nitrogen and oxygen atoms in total. The lowest BCUT2D eigenvalue weighted by Crippen LogP contribution is -2.29. The van der Waals surface area contributed by atoms with E-state index in [1.807, 2.05) is 18.2 Å². The van der Waals surface area contributed by atoms with E-state index in [9.17, 15) is 18.0 Å². The van der Waals surface area contributed by atoms with Gasteiger partial charge in [-0.15, -0.1) is 0 Å². The molecular weight excluding hydrogens is 411 g/mol. The summed E-state index contributed by atoms with van der Waals surface area (Å²) in [5.74, 6) is 1.50. The minimum atomic E-state index is -4.39. The van der Waals surface area contributed by atoms with Gasteiger partial charge in [0.25, 0.3) is 0 Å². The number of hydrogen-bond donors (Lipinski definition) is 0. The number of carbonyl (C=O) groups excluding carboxylic acids is 1. The third kappa shape index (κ3) is 5.50. The number of ether oxygens (including phenoxy) is 1. The minimum absolute atomic E-state index is 0.0419. The number of amides is 1. The van der Waals surface area contributed by atoms with Gasteiger partial charge in [0.15, 0.2) is 0 Å². The average molecular weight is 438 g/mol. The van der Waals surface area contributed by atoms with Gasteiger partial charge in [0, 0.05) is 24.3 Å². The Morgan fingerprint density at radius 3 is 2.70 bits per heavy atom. The lowest BCUT2D eigenvalue weighted by atomic mass is 10.1. The molecule has 30 heavy (non-hydrogen) atoms. The van der Waals surface area contributed by atoms with Crippen LogP contribution in [0.1, 0.15) is 42.5 Å². The fraction of sp³-hybridized carbons (Fsp3) is 0.435. The quantitative estimate of drug-likeness (QED) is 0.531. The molecule has 7 heteroatoms. The van der Waals surface area contributed by atoms with E-state index in [4.69, 9.17) is 4.74 Å². The molecular formula is C23H26F3NO2S. The van der Waals surface area contributed by atoms with Crippen molar-refractivity contribution in [3.05, 3.63) is 58.7 Å². The van der Waals surface area contributed by atoms with Gasteiger partial charge in [-0.25, -0.2) is 0 Å². The van der Waals surface area contributed by atoms with E-state index in [1.165, 1.54) is 0 Å². The second-order valence-electron chi connectivity index (χ2n) is 7.71. The Balaban J connectivity index is 1.71. The highest BCUT2D eigenvalue weighted by molar-refractivity contribution is 7.99. The molecule has 3 rings (SSSR count). The lowest BCUT2D eigenvalue weighted by Gasteiger charge is -2.18. The fourth-order valence-corrected chi connectivity index (χ4v) is 4.35. The summed E-state index contributed by atoms with van der Waals surface area (Å²) in [7, 11) is 0. The molecule has 0 N–H and O–H groups in total. The van der Waals surface area contributed by atoms with Gasteiger partial charge in [-0.3, -0.25) is 4.79 Å². The summed E-state index contributed by atoms with van der Waals surface area (Å²) in [4.78, 5) is 14.4. The van der Waals surface area contributed by atoms with Crippen molar-refractivity contribution in [1.82, 2.24) is 0 Å². The summed E-state index contributed by atoms with van der Waals surface area (Å²) in [5.41, 5.74) is 2.11. The van der Waals surface area contributed by atoms with Gasteiger partial charge in [0.05, 0.1) is 11.3 Å². The Bertz CT molecular complexity index is 912. The predicted molar refractivity (Wildman–Crippen MR) is 115 cm³/mol. The highest BCUT2D eigenvalue weighted by atomic mass is 32.2. The molecule has 0 saturated heterocycles. The molecule has 0 radical (unpaired) electrons. The molecule has 0 saturated carbocycles. The van der Waals surface area contributed by atoms with Crippen molar-refractivity contribution in [2.24, 2.45) is 0 Å². The molecule has 0 unspecified atom stereocenters. The number of nitrogens with zero attached hydrogens (tertiary/aromatic N) is 1. The van der Waals surface area contributed by atoms with E-state index in [-0.39, 0.29) is 12.5 Å². The van der Waals surface area contributed by atoms with Crippen molar-refractivity contribution in [3.8, 4) is 5.75 Å². The van der Waals surface area contributed by atoms with Crippen LogP contribution >= 0.6 is 11.8 Å². The van der Waals surface area contributed by atoms with Gasteiger partial charge in [-0.05, 0) is 48.4 Å². The molecule has 162 valence electrons. The Hall–Kier alpha value is -2.15. The van der Waals surface area contributed by atoms with Gasteiger partial charge < -0.3 is 9.64 Å². The summed E-state index contributed by atoms with van der Waals surface area (Å²) in [6, 6.07) is 9.48. The van der Waals surface area contributed by atoms with Gasteiger partial charge in [0.1, 0.15) is 12.4 Å². The number of anilines is 1. The van der Waals surface area contributed by atoms with E-state index in [2.05, 4.69) is 13.8 Å². The van der Waals surface area contributed by atoms with E-state index in [0.717, 1.165) is 29.1 Å². The van der Waals surface area contributed by atoms with Crippen molar-refractivity contribution in [1.29, 1.82) is 0 Å². The van der Waals surface area contributed by atoms with Crippen molar-refractivity contribution < 1.29 is 22.7 Å². The summed E-state index contributed by atoms with van der Waals surface area (Å²) in [6.07, 6.45) is -3.23. The van der Waals surface area contributed by atoms with Crippen LogP contribution in [-0.4, -0.2) is 23.5 Å². The maximum Gasteiger partial charge on any atom is 0.416 e. The maximum atomic E-state index is 13.1. The fourth-order valence-electron chi connectivity index (χ4n) is 3.58. The molecule has 0 fully saturated rings. The number of alkyl halides is 3. The largest absolute Gasteiger partial charge is 0.489 e. The lowest BCUT2D eigenvalue weighted by molar-refractivity contribution is -0.137. The van der Waals surface area contributed by atoms with Crippen LogP contribution in [0.4, 0.5) is 18.9 Å². The van der Waals surface area contributed by atoms with Crippen molar-refractivity contribution in [2.75, 3.05) is 17.2 Å². The number of carbonyl (C=O) groups is 1. The van der Waals surface area contributed by atoms with E-state index in [1.54, 1.807) is 29.7 Å². The minimum Gasteiger partial charge on any atom is -0.489 e. The van der Waals surface area contributed by atoms with E-state index < -0.39 is 11.7 Å². The second kappa shape index (κ2) is 9.33. The van der Waals surface area contributed by atoms with E-state index >= 15 is 0 Å². The Kier molecular flexibility index (Phi) is 7.01. The first kappa shape index (κ1) is 22.5. The van der Waals surface area contributed by atoms with Crippen molar-refractivity contribution in [2.45, 2.75) is 51.6 Å². The third-order valence-electron chi connectivity index (χ3n) is 4.91. The molecule has 2 aromatic rings. The first-order valence-corrected chi connectivity index (χ1v) is 11.0. The normalized spacial score (nSPS) is 13.6. The van der Waals surface area contributed by atoms with E-state index in [0.29, 0.717) is 41.5 Å². The van der Waals surface area contributed by atoms with Crippen LogP contribution in [0.3, 0.4) is 0 Å². The zero-order chi connectivity index (χ0) is 21.9. The van der Waals surface area contributed by atoms with Gasteiger partial charge in [-0.2, -0.15) is 24.9 Å². The smallest absolute Gasteiger partial charge is 0.416 e. The molecule has 1 amide bonds. The molecule has 0 aliphatic carbocycles. The summed E-state index contributed by atoms with van der Waals surface area (Å²) < 4.78 is 45.1. The summed E-state index contributed by atoms with van der Waals surface area (Å²) >= 11 is 1.76. The molecule has 0 aromatic heterocycles. The van der Waals surface area contributed by atoms with Crippen LogP contribution in [0.2, 0.25) is 0 Å². The number of thioether (sulfide) groups is 1. The molecule has 1 aliphatic heterocycles. The number of rotatable bonds is 7. The first-order chi connectivity index (χ1) is 14.1. The molecule has 2 aromatic carbocycles. The number of fused-ring (bicyclic) bond motifs is 1. The van der Waals surface area contributed by atoms with Gasteiger partial charge >= 0.3 is 6.18 Å². The topological polar surface area (TPSA) is 29.5 Å². The Labute approximate surface area is 179 Å². The standard InChI is InChI=1S/C23H26F3NO2S/c1-15(2)30-10-8-22(28)27-9-7-19-20(27)5-4-6-21(19)29-14-17-11-16(3)12-18(13-17)23(24,25)26/h4-6,11-13,15H,7-10,14H2,1-3H3. The highest BCUT2D eigenvalue weighted by Gasteiger charge is 2.31. The summed E-state index contributed by atoms with van der Waals surface area (Å²) in [5, 5.41) is 0.489. The number of halogens is 3. The van der Waals surface area contributed by atoms with Crippen molar-refractivity contribution >= 4 is 23.4 Å². The van der Waals surface area contributed by atoms with Crippen LogP contribution in [0.25, 0.3) is 0 Å². The number of hydrogen-bond acceptors (Lipinski definition) is 3. The Morgan fingerprint density at radius 2 is 2.00 bits per heavy atom. The van der Waals surface area contributed by atoms with Crippen LogP contribution in [0.15, 0.2) is 36.4 Å². The molecule has 1 heterocycles. The molecule has 0 bridgehead atoms. The predicted octanol–water partition coefficient (Wildman–Crippen LogP) is 6.01. The number of aryl methyl sites for hydroxylation is 1. The molecule has 0 atom stereocenters. The van der Waals surface area contributed by atoms with Crippen LogP contribution in [-0.2, 0) is 24.0 Å². The average Bonchev–Trinajstić information content (AvgIpc) is 3.09. The second-order valence-corrected chi connectivity index (χ2v) is 9.40. The van der Waals surface area contributed by atoms with Gasteiger partial charge in [-0.1, -0.05) is 31.5 Å². The summed E-state index contributed by atoms with van der Waals surface area (Å²) in [6.45, 7) is 6.50. The maximum absolute atomic E-state index is 13.1. The zero-order valence-electron chi connectivity index (χ0n) is 17.4. The first-order valence-electron chi connectivity index (χ1n) is 9.99. The van der Waals surface area contributed by atoms with Gasteiger partial charge in [0.2, 0.25) is 5.91 Å². The monoisotopic (exact) mass is 437 g/mol. The van der Waals surface area contributed by atoms with Crippen LogP contribution in [0.5, 0.6) is 5.75 Å². The van der Waals surface area contributed by atoms with Crippen LogP contribution in [0, 0.1) is 6.92 Å². The Morgan fingerprint density at radius 1 is 1.23 bits per heavy atom. The van der Waals surface area contributed by atoms with Crippen molar-refractivity contribution in [3.63, 3.8) is 0 Å². The molecule has 1 aliphatic rings. The zero-order valence-corrected chi connectivity index (χ0v) is 18.2. The SMILES string of the molecule is Cc1cc(COc2cccc3c2CCN3C(=O)CCSC(C)C)cc(C(F)(F)F)c1. The third-order valence-corrected chi connectivity index (χ3v) is 6.02. The molecule has 0 spiro atoms. The number of benzene rings is 2.